The zero-order chi connectivity index (χ0) is 11.8. The number of hydrogen-bond donors (Lipinski definition) is 1. The van der Waals surface area contributed by atoms with Crippen LogP contribution in [0.1, 0.15) is 0 Å². The van der Waals surface area contributed by atoms with Crippen LogP contribution < -0.4 is 0 Å². The Kier molecular flexibility index (Phi) is 2.07. The predicted octanol–water partition coefficient (Wildman–Crippen LogP) is 2.30. The normalized spacial score (nSPS) is 10.9. The molecule has 4 nitrogen and oxygen atoms in total. The lowest BCUT2D eigenvalue weighted by molar-refractivity contribution is 0.510. The average Bonchev–Trinajstić information content (AvgIpc) is 2.76. The fourth-order valence-electron chi connectivity index (χ4n) is 1.58. The molecule has 6 heteroatoms. The maximum Gasteiger partial charge on any atom is 0.169 e. The second-order valence-electron chi connectivity index (χ2n) is 3.44. The van der Waals surface area contributed by atoms with E-state index in [0.717, 1.165) is 6.07 Å². The van der Waals surface area contributed by atoms with Gasteiger partial charge in [0, 0.05) is 0 Å². The van der Waals surface area contributed by atoms with E-state index in [-0.39, 0.29) is 11.4 Å². The molecule has 84 valence electrons. The molecule has 0 fully saturated rings. The number of imidazole rings is 1. The molecule has 0 unspecified atom stereocenters. The molecular weight excluding hydrogens is 226 g/mol. The maximum absolute atomic E-state index is 13.5. The predicted molar refractivity (Wildman–Crippen MR) is 57.0 cm³/mol. The van der Waals surface area contributed by atoms with Crippen LogP contribution in [-0.4, -0.2) is 19.9 Å². The summed E-state index contributed by atoms with van der Waals surface area (Å²) >= 11 is 0. The lowest BCUT2D eigenvalue weighted by Crippen LogP contribution is -1.90. The first-order valence-corrected chi connectivity index (χ1v) is 4.86. The van der Waals surface area contributed by atoms with E-state index in [1.54, 1.807) is 0 Å². The molecular formula is C11H6F2N4. The molecule has 0 atom stereocenters. The molecule has 0 aliphatic carbocycles. The van der Waals surface area contributed by atoms with Crippen LogP contribution in [0.4, 0.5) is 8.78 Å². The molecule has 0 aliphatic heterocycles. The van der Waals surface area contributed by atoms with Gasteiger partial charge in [-0.2, -0.15) is 0 Å². The first-order chi connectivity index (χ1) is 8.25. The molecule has 0 radical (unpaired) electrons. The van der Waals surface area contributed by atoms with Crippen molar-refractivity contribution in [1.82, 2.24) is 19.9 Å². The highest BCUT2D eigenvalue weighted by atomic mass is 19.2. The van der Waals surface area contributed by atoms with Crippen molar-refractivity contribution >= 4 is 11.2 Å². The summed E-state index contributed by atoms with van der Waals surface area (Å²) in [5, 5.41) is 0. The lowest BCUT2D eigenvalue weighted by atomic mass is 10.2. The molecule has 0 amide bonds. The van der Waals surface area contributed by atoms with Gasteiger partial charge in [-0.05, 0) is 12.1 Å². The van der Waals surface area contributed by atoms with E-state index >= 15 is 0 Å². The lowest BCUT2D eigenvalue weighted by Gasteiger charge is -1.98. The number of H-pyrrole nitrogens is 1. The van der Waals surface area contributed by atoms with Gasteiger partial charge in [0.15, 0.2) is 17.3 Å². The van der Waals surface area contributed by atoms with Gasteiger partial charge in [0.2, 0.25) is 0 Å². The van der Waals surface area contributed by atoms with Crippen LogP contribution >= 0.6 is 0 Å². The van der Waals surface area contributed by atoms with Gasteiger partial charge >= 0.3 is 0 Å². The van der Waals surface area contributed by atoms with E-state index in [9.17, 15) is 8.78 Å². The minimum atomic E-state index is -0.931. The quantitative estimate of drug-likeness (QED) is 0.700. The second-order valence-corrected chi connectivity index (χ2v) is 3.44. The number of fused-ring (bicyclic) bond motifs is 1. The minimum absolute atomic E-state index is 0.0722. The first-order valence-electron chi connectivity index (χ1n) is 4.86. The smallest absolute Gasteiger partial charge is 0.169 e. The molecule has 3 rings (SSSR count). The monoisotopic (exact) mass is 232 g/mol. The van der Waals surface area contributed by atoms with Crippen molar-refractivity contribution in [3.05, 3.63) is 42.4 Å². The number of halogens is 2. The molecule has 0 bridgehead atoms. The fraction of sp³-hybridized carbons (Fsp3) is 0. The summed E-state index contributed by atoms with van der Waals surface area (Å²) in [5.74, 6) is -1.61. The number of aromatic nitrogens is 4. The number of benzene rings is 1. The van der Waals surface area contributed by atoms with Crippen molar-refractivity contribution in [2.45, 2.75) is 0 Å². The third-order valence-corrected chi connectivity index (χ3v) is 2.37. The van der Waals surface area contributed by atoms with Gasteiger partial charge in [-0.25, -0.2) is 23.7 Å². The molecule has 0 saturated carbocycles. The molecule has 1 N–H and O–H groups in total. The Labute approximate surface area is 94.4 Å². The summed E-state index contributed by atoms with van der Waals surface area (Å²) in [4.78, 5) is 14.6. The zero-order valence-electron chi connectivity index (χ0n) is 8.48. The Morgan fingerprint density at radius 2 is 2.06 bits per heavy atom. The number of hydrogen-bond acceptors (Lipinski definition) is 3. The standard InChI is InChI=1S/C11H6F2N4/c12-7-3-1-2-6(9(7)13)10-16-8-4-14-5-15-11(8)17-10/h1-5H,(H,14,15,16,17). The van der Waals surface area contributed by atoms with Gasteiger partial charge in [0.1, 0.15) is 17.7 Å². The van der Waals surface area contributed by atoms with Gasteiger partial charge < -0.3 is 4.98 Å². The van der Waals surface area contributed by atoms with Gasteiger partial charge in [-0.3, -0.25) is 0 Å². The van der Waals surface area contributed by atoms with Gasteiger partial charge in [-0.15, -0.1) is 0 Å². The second kappa shape index (κ2) is 3.58. The highest BCUT2D eigenvalue weighted by Gasteiger charge is 2.13. The van der Waals surface area contributed by atoms with Crippen LogP contribution in [-0.2, 0) is 0 Å². The SMILES string of the molecule is Fc1cccc(-c2nc3cncnc3[nH]2)c1F. The molecule has 2 heterocycles. The van der Waals surface area contributed by atoms with Crippen LogP contribution in [0.3, 0.4) is 0 Å². The molecule has 0 spiro atoms. The first kappa shape index (κ1) is 9.83. The molecule has 17 heavy (non-hydrogen) atoms. The largest absolute Gasteiger partial charge is 0.322 e. The van der Waals surface area contributed by atoms with Crippen molar-refractivity contribution < 1.29 is 8.78 Å². The Morgan fingerprint density at radius 3 is 2.88 bits per heavy atom. The maximum atomic E-state index is 13.5. The van der Waals surface area contributed by atoms with E-state index in [1.165, 1.54) is 24.7 Å². The van der Waals surface area contributed by atoms with Crippen molar-refractivity contribution in [3.63, 3.8) is 0 Å². The van der Waals surface area contributed by atoms with E-state index < -0.39 is 11.6 Å². The number of nitrogens with one attached hydrogen (secondary N) is 1. The summed E-state index contributed by atoms with van der Waals surface area (Å²) in [6.45, 7) is 0. The van der Waals surface area contributed by atoms with Crippen molar-refractivity contribution in [2.24, 2.45) is 0 Å². The highest BCUT2D eigenvalue weighted by molar-refractivity contribution is 5.74. The average molecular weight is 232 g/mol. The highest BCUT2D eigenvalue weighted by Crippen LogP contribution is 2.23. The van der Waals surface area contributed by atoms with E-state index in [4.69, 9.17) is 0 Å². The Morgan fingerprint density at radius 1 is 1.18 bits per heavy atom. The van der Waals surface area contributed by atoms with Crippen LogP contribution in [0.25, 0.3) is 22.6 Å². The third-order valence-electron chi connectivity index (χ3n) is 2.37. The third kappa shape index (κ3) is 1.54. The fourth-order valence-corrected chi connectivity index (χ4v) is 1.58. The molecule has 0 saturated heterocycles. The van der Waals surface area contributed by atoms with Gasteiger partial charge in [-0.1, -0.05) is 6.07 Å². The van der Waals surface area contributed by atoms with E-state index in [1.807, 2.05) is 0 Å². The van der Waals surface area contributed by atoms with Crippen molar-refractivity contribution in [3.8, 4) is 11.4 Å². The molecule has 3 aromatic rings. The summed E-state index contributed by atoms with van der Waals surface area (Å²) < 4.78 is 26.6. The van der Waals surface area contributed by atoms with Crippen molar-refractivity contribution in [1.29, 1.82) is 0 Å². The zero-order valence-corrected chi connectivity index (χ0v) is 8.48. The topological polar surface area (TPSA) is 54.5 Å². The number of aromatic amines is 1. The van der Waals surface area contributed by atoms with Crippen molar-refractivity contribution in [2.75, 3.05) is 0 Å². The van der Waals surface area contributed by atoms with Crippen LogP contribution in [0.2, 0.25) is 0 Å². The number of rotatable bonds is 1. The Balaban J connectivity index is 2.24. The molecule has 0 aliphatic rings. The summed E-state index contributed by atoms with van der Waals surface area (Å²) in [7, 11) is 0. The Bertz CT molecular complexity index is 660. The summed E-state index contributed by atoms with van der Waals surface area (Å²) in [6.07, 6.45) is 2.85. The van der Waals surface area contributed by atoms with Crippen LogP contribution in [0.15, 0.2) is 30.7 Å². The van der Waals surface area contributed by atoms with Crippen LogP contribution in [0, 0.1) is 11.6 Å². The summed E-state index contributed by atoms with van der Waals surface area (Å²) in [5.41, 5.74) is 1.06. The summed E-state index contributed by atoms with van der Waals surface area (Å²) in [6, 6.07) is 3.93. The van der Waals surface area contributed by atoms with Gasteiger partial charge in [0.05, 0.1) is 11.8 Å². The van der Waals surface area contributed by atoms with Gasteiger partial charge in [0.25, 0.3) is 0 Å². The number of nitrogens with zero attached hydrogens (tertiary/aromatic N) is 3. The van der Waals surface area contributed by atoms with E-state index in [0.29, 0.717) is 11.2 Å². The minimum Gasteiger partial charge on any atom is -0.322 e. The Hall–Kier alpha value is -2.37. The van der Waals surface area contributed by atoms with Crippen LogP contribution in [0.5, 0.6) is 0 Å². The molecule has 2 aromatic heterocycles. The van der Waals surface area contributed by atoms with E-state index in [2.05, 4.69) is 19.9 Å². The molecule has 1 aromatic carbocycles.